The lowest BCUT2D eigenvalue weighted by Gasteiger charge is -2.49. The standard InChI is InChI=1S/C16H22N6O5/c1-6(23)18-11-13-20(8(3)25)14-12(17-11)19(7(2)24)16(22(14)10(5)27)15(18)21(13)9(4)26/h11-17H,1-5H3. The Morgan fingerprint density at radius 3 is 1.00 bits per heavy atom. The Labute approximate surface area is 155 Å². The summed E-state index contributed by atoms with van der Waals surface area (Å²) in [4.78, 5) is 69.9. The van der Waals surface area contributed by atoms with Crippen molar-refractivity contribution in [2.24, 2.45) is 0 Å². The van der Waals surface area contributed by atoms with Crippen molar-refractivity contribution in [3.8, 4) is 0 Å². The molecule has 0 aliphatic carbocycles. The van der Waals surface area contributed by atoms with Gasteiger partial charge in [-0.25, -0.2) is 0 Å². The van der Waals surface area contributed by atoms with Crippen molar-refractivity contribution in [1.29, 1.82) is 0 Å². The molecule has 146 valence electrons. The number of nitrogens with zero attached hydrogens (tertiary/aromatic N) is 5. The van der Waals surface area contributed by atoms with E-state index >= 15 is 0 Å². The first-order chi connectivity index (χ1) is 12.6. The minimum Gasteiger partial charge on any atom is -0.299 e. The monoisotopic (exact) mass is 378 g/mol. The zero-order valence-corrected chi connectivity index (χ0v) is 15.7. The third-order valence-corrected chi connectivity index (χ3v) is 5.87. The predicted octanol–water partition coefficient (Wildman–Crippen LogP) is -2.17. The highest BCUT2D eigenvalue weighted by atomic mass is 16.2. The lowest BCUT2D eigenvalue weighted by molar-refractivity contribution is -0.161. The van der Waals surface area contributed by atoms with Crippen LogP contribution in [-0.2, 0) is 24.0 Å². The van der Waals surface area contributed by atoms with Gasteiger partial charge in [-0.3, -0.25) is 53.8 Å². The molecule has 6 unspecified atom stereocenters. The SMILES string of the molecule is CC(=O)N1C2NC3C4N(C(C)=O)C(C1N(C(C)=O)C2N4C(C)=O)N3C(C)=O. The van der Waals surface area contributed by atoms with Gasteiger partial charge in [0.05, 0.1) is 0 Å². The number of nitrogens with one attached hydrogen (secondary N) is 1. The van der Waals surface area contributed by atoms with Crippen LogP contribution < -0.4 is 5.32 Å². The molecule has 5 rings (SSSR count). The van der Waals surface area contributed by atoms with Crippen LogP contribution in [0.4, 0.5) is 0 Å². The Morgan fingerprint density at radius 2 is 0.741 bits per heavy atom. The fraction of sp³-hybridized carbons (Fsp3) is 0.688. The predicted molar refractivity (Wildman–Crippen MR) is 88.5 cm³/mol. The summed E-state index contributed by atoms with van der Waals surface area (Å²) in [6.45, 7) is 6.81. The van der Waals surface area contributed by atoms with Crippen molar-refractivity contribution < 1.29 is 24.0 Å². The van der Waals surface area contributed by atoms with E-state index in [0.29, 0.717) is 0 Å². The van der Waals surface area contributed by atoms with Crippen molar-refractivity contribution in [1.82, 2.24) is 29.8 Å². The average molecular weight is 378 g/mol. The van der Waals surface area contributed by atoms with Crippen LogP contribution in [0.5, 0.6) is 0 Å². The molecule has 5 aliphatic rings. The first-order valence-corrected chi connectivity index (χ1v) is 8.80. The van der Waals surface area contributed by atoms with E-state index in [1.807, 2.05) is 0 Å². The molecule has 5 fully saturated rings. The maximum atomic E-state index is 12.6. The van der Waals surface area contributed by atoms with Crippen LogP contribution in [0, 0.1) is 0 Å². The quantitative estimate of drug-likeness (QED) is 0.513. The van der Waals surface area contributed by atoms with Gasteiger partial charge < -0.3 is 0 Å². The minimum atomic E-state index is -0.866. The Kier molecular flexibility index (Phi) is 3.55. The van der Waals surface area contributed by atoms with Crippen LogP contribution in [0.2, 0.25) is 0 Å². The van der Waals surface area contributed by atoms with Gasteiger partial charge in [-0.1, -0.05) is 0 Å². The number of amides is 5. The van der Waals surface area contributed by atoms with Gasteiger partial charge >= 0.3 is 0 Å². The number of carbonyl (C=O) groups excluding carboxylic acids is 5. The molecule has 6 atom stereocenters. The van der Waals surface area contributed by atoms with Gasteiger partial charge in [0.15, 0.2) is 0 Å². The molecule has 27 heavy (non-hydrogen) atoms. The maximum Gasteiger partial charge on any atom is 0.222 e. The summed E-state index contributed by atoms with van der Waals surface area (Å²) in [6, 6.07) is 0. The summed E-state index contributed by atoms with van der Waals surface area (Å²) in [5.74, 6) is -1.65. The highest BCUT2D eigenvalue weighted by Crippen LogP contribution is 2.47. The molecule has 11 nitrogen and oxygen atoms in total. The van der Waals surface area contributed by atoms with Crippen LogP contribution in [-0.4, -0.2) is 91.0 Å². The van der Waals surface area contributed by atoms with Crippen molar-refractivity contribution in [3.05, 3.63) is 0 Å². The first kappa shape index (κ1) is 17.7. The fourth-order valence-corrected chi connectivity index (χ4v) is 5.19. The van der Waals surface area contributed by atoms with E-state index in [9.17, 15) is 24.0 Å². The molecule has 0 aromatic rings. The summed E-state index contributed by atoms with van der Waals surface area (Å²) in [6.07, 6.45) is -4.51. The number of rotatable bonds is 0. The second-order valence-electron chi connectivity index (χ2n) is 7.34. The summed E-state index contributed by atoms with van der Waals surface area (Å²) < 4.78 is 0. The highest BCUT2D eigenvalue weighted by Gasteiger charge is 2.72. The summed E-state index contributed by atoms with van der Waals surface area (Å²) >= 11 is 0. The van der Waals surface area contributed by atoms with E-state index in [1.165, 1.54) is 59.1 Å². The summed E-state index contributed by atoms with van der Waals surface area (Å²) in [7, 11) is 0. The first-order valence-electron chi connectivity index (χ1n) is 8.80. The zero-order valence-electron chi connectivity index (χ0n) is 15.7. The molecule has 5 heterocycles. The third-order valence-electron chi connectivity index (χ3n) is 5.87. The number of hydrogen-bond donors (Lipinski definition) is 1. The fourth-order valence-electron chi connectivity index (χ4n) is 5.19. The van der Waals surface area contributed by atoms with Gasteiger partial charge in [0.2, 0.25) is 29.5 Å². The molecule has 0 radical (unpaired) electrons. The van der Waals surface area contributed by atoms with Crippen molar-refractivity contribution in [2.75, 3.05) is 0 Å². The molecule has 5 saturated heterocycles. The van der Waals surface area contributed by atoms with Gasteiger partial charge in [-0.15, -0.1) is 0 Å². The average Bonchev–Trinajstić information content (AvgIpc) is 2.94. The number of piperazine rings is 1. The van der Waals surface area contributed by atoms with E-state index in [2.05, 4.69) is 5.32 Å². The van der Waals surface area contributed by atoms with Gasteiger partial charge in [0.1, 0.15) is 37.0 Å². The molecule has 0 saturated carbocycles. The molecule has 5 amide bonds. The van der Waals surface area contributed by atoms with Crippen LogP contribution >= 0.6 is 0 Å². The Morgan fingerprint density at radius 1 is 0.481 bits per heavy atom. The van der Waals surface area contributed by atoms with Gasteiger partial charge in [-0.2, -0.15) is 0 Å². The lowest BCUT2D eigenvalue weighted by atomic mass is 10.1. The second kappa shape index (κ2) is 5.41. The van der Waals surface area contributed by atoms with Crippen molar-refractivity contribution in [3.63, 3.8) is 0 Å². The molecule has 0 spiro atoms. The summed E-state index contributed by atoms with van der Waals surface area (Å²) in [5.41, 5.74) is 0. The number of carbonyl (C=O) groups is 5. The van der Waals surface area contributed by atoms with Crippen LogP contribution in [0.15, 0.2) is 0 Å². The van der Waals surface area contributed by atoms with Crippen LogP contribution in [0.25, 0.3) is 0 Å². The molecule has 11 heteroatoms. The molecule has 0 aromatic heterocycles. The Balaban J connectivity index is 2.02. The third kappa shape index (κ3) is 1.97. The maximum absolute atomic E-state index is 12.6. The van der Waals surface area contributed by atoms with Crippen LogP contribution in [0.3, 0.4) is 0 Å². The van der Waals surface area contributed by atoms with E-state index in [0.717, 1.165) is 0 Å². The van der Waals surface area contributed by atoms with E-state index < -0.39 is 37.0 Å². The highest BCUT2D eigenvalue weighted by molar-refractivity contribution is 5.85. The Bertz CT molecular complexity index is 729. The van der Waals surface area contributed by atoms with Gasteiger partial charge in [0.25, 0.3) is 0 Å². The van der Waals surface area contributed by atoms with E-state index in [-0.39, 0.29) is 29.5 Å². The normalized spacial score (nSPS) is 35.8. The lowest BCUT2D eigenvalue weighted by Crippen LogP contribution is -2.74. The largest absolute Gasteiger partial charge is 0.299 e. The zero-order chi connectivity index (χ0) is 19.9. The van der Waals surface area contributed by atoms with Crippen molar-refractivity contribution >= 4 is 29.5 Å². The van der Waals surface area contributed by atoms with Gasteiger partial charge in [0, 0.05) is 34.6 Å². The van der Waals surface area contributed by atoms with Gasteiger partial charge in [-0.05, 0) is 0 Å². The minimum absolute atomic E-state index is 0.312. The number of hydrogen-bond acceptors (Lipinski definition) is 6. The molecule has 5 aliphatic heterocycles. The van der Waals surface area contributed by atoms with E-state index in [1.54, 1.807) is 0 Å². The molecule has 6 bridgehead atoms. The van der Waals surface area contributed by atoms with Crippen molar-refractivity contribution in [2.45, 2.75) is 71.6 Å². The molecule has 0 aromatic carbocycles. The smallest absolute Gasteiger partial charge is 0.222 e. The molecule has 1 N–H and O–H groups in total. The van der Waals surface area contributed by atoms with Crippen LogP contribution in [0.1, 0.15) is 34.6 Å². The Hall–Kier alpha value is -2.69. The molecular weight excluding hydrogens is 356 g/mol. The second-order valence-corrected chi connectivity index (χ2v) is 7.34. The topological polar surface area (TPSA) is 114 Å². The molecular formula is C16H22N6O5. The van der Waals surface area contributed by atoms with E-state index in [4.69, 9.17) is 0 Å². The summed E-state index contributed by atoms with van der Waals surface area (Å²) in [5, 5.41) is 3.24.